The van der Waals surface area contributed by atoms with Gasteiger partial charge in [0.25, 0.3) is 5.92 Å². The molecule has 1 amide bonds. The van der Waals surface area contributed by atoms with Gasteiger partial charge in [-0.2, -0.15) is 5.10 Å². The third-order valence-electron chi connectivity index (χ3n) is 4.55. The number of alkyl halides is 2. The number of ether oxygens (including phenoxy) is 1. The molecule has 2 N–H and O–H groups in total. The molecule has 0 radical (unpaired) electrons. The maximum absolute atomic E-state index is 13.0. The van der Waals surface area contributed by atoms with E-state index in [4.69, 9.17) is 4.74 Å². The van der Waals surface area contributed by atoms with Crippen molar-refractivity contribution in [3.63, 3.8) is 0 Å². The van der Waals surface area contributed by atoms with Gasteiger partial charge in [0.05, 0.1) is 30.3 Å². The van der Waals surface area contributed by atoms with E-state index in [1.165, 1.54) is 0 Å². The molecule has 2 aromatic heterocycles. The summed E-state index contributed by atoms with van der Waals surface area (Å²) in [5.41, 5.74) is 3.02. The normalized spacial score (nSPS) is 12.7. The molecule has 2 heterocycles. The van der Waals surface area contributed by atoms with Crippen molar-refractivity contribution in [2.75, 3.05) is 13.2 Å². The van der Waals surface area contributed by atoms with E-state index in [1.54, 1.807) is 36.9 Å². The summed E-state index contributed by atoms with van der Waals surface area (Å²) in [5, 5.41) is 17.3. The number of pyridine rings is 1. The highest BCUT2D eigenvalue weighted by Gasteiger charge is 2.22. The van der Waals surface area contributed by atoms with Crippen LogP contribution < -0.4 is 10.1 Å². The van der Waals surface area contributed by atoms with Crippen LogP contribution in [-0.2, 0) is 17.8 Å². The van der Waals surface area contributed by atoms with Crippen molar-refractivity contribution < 1.29 is 23.4 Å². The minimum Gasteiger partial charge on any atom is -0.487 e. The summed E-state index contributed by atoms with van der Waals surface area (Å²) in [6, 6.07) is 7.14. The van der Waals surface area contributed by atoms with Crippen LogP contribution in [-0.4, -0.2) is 51.0 Å². The number of hydrogen-bond acceptors (Lipinski definition) is 5. The molecular formula is C22H26F2N4O3. The Morgan fingerprint density at radius 3 is 2.81 bits per heavy atom. The van der Waals surface area contributed by atoms with Gasteiger partial charge < -0.3 is 15.2 Å². The number of nitrogens with zero attached hydrogens (tertiary/aromatic N) is 3. The molecule has 0 spiro atoms. The van der Waals surface area contributed by atoms with Gasteiger partial charge in [-0.15, -0.1) is 0 Å². The number of aryl methyl sites for hydroxylation is 1. The largest absolute Gasteiger partial charge is 0.487 e. The molecule has 0 aliphatic heterocycles. The summed E-state index contributed by atoms with van der Waals surface area (Å²) in [7, 11) is 0. The molecule has 0 bridgehead atoms. The van der Waals surface area contributed by atoms with Gasteiger partial charge in [0.15, 0.2) is 6.61 Å². The van der Waals surface area contributed by atoms with Crippen molar-refractivity contribution in [1.82, 2.24) is 20.1 Å². The fourth-order valence-corrected chi connectivity index (χ4v) is 3.11. The standard InChI is InChI=1S/C22H26F2N4O3/c1-14-8-16(4-5-20(14)31-13-22(3,23)24)11-28-12-17-18(27-28)6-7-25-19(17)9-21(30)26-10-15(2)29/h4-8,12,15,29H,9-11,13H2,1-3H3,(H,26,30)/t15-/m0/s1. The predicted molar refractivity (Wildman–Crippen MR) is 112 cm³/mol. The molecule has 3 rings (SSSR count). The Morgan fingerprint density at radius 1 is 1.35 bits per heavy atom. The van der Waals surface area contributed by atoms with Crippen molar-refractivity contribution in [2.24, 2.45) is 0 Å². The van der Waals surface area contributed by atoms with Crippen molar-refractivity contribution in [3.05, 3.63) is 53.5 Å². The van der Waals surface area contributed by atoms with E-state index in [9.17, 15) is 18.7 Å². The molecular weight excluding hydrogens is 406 g/mol. The van der Waals surface area contributed by atoms with E-state index < -0.39 is 18.6 Å². The molecule has 0 fully saturated rings. The summed E-state index contributed by atoms with van der Waals surface area (Å²) >= 11 is 0. The molecule has 3 aromatic rings. The van der Waals surface area contributed by atoms with Crippen LogP contribution in [0.5, 0.6) is 5.75 Å². The second kappa shape index (κ2) is 9.38. The zero-order chi connectivity index (χ0) is 22.6. The number of fused-ring (bicyclic) bond motifs is 1. The smallest absolute Gasteiger partial charge is 0.278 e. The average molecular weight is 432 g/mol. The summed E-state index contributed by atoms with van der Waals surface area (Å²) in [4.78, 5) is 16.4. The Morgan fingerprint density at radius 2 is 2.13 bits per heavy atom. The Balaban J connectivity index is 1.72. The van der Waals surface area contributed by atoms with E-state index in [2.05, 4.69) is 15.4 Å². The number of halogens is 2. The number of carbonyl (C=O) groups is 1. The SMILES string of the molecule is Cc1cc(Cn2cc3c(CC(=O)NC[C@H](C)O)nccc3n2)ccc1OCC(C)(F)F. The summed E-state index contributed by atoms with van der Waals surface area (Å²) in [5.74, 6) is -2.69. The number of carbonyl (C=O) groups excluding carboxylic acids is 1. The summed E-state index contributed by atoms with van der Waals surface area (Å²) in [6.07, 6.45) is 2.91. The van der Waals surface area contributed by atoms with Crippen molar-refractivity contribution >= 4 is 16.8 Å². The maximum atomic E-state index is 13.0. The Hall–Kier alpha value is -3.07. The Labute approximate surface area is 179 Å². The molecule has 31 heavy (non-hydrogen) atoms. The average Bonchev–Trinajstić information content (AvgIpc) is 3.08. The lowest BCUT2D eigenvalue weighted by atomic mass is 10.1. The second-order valence-corrected chi connectivity index (χ2v) is 7.81. The first-order valence-corrected chi connectivity index (χ1v) is 9.97. The fraction of sp³-hybridized carbons (Fsp3) is 0.409. The second-order valence-electron chi connectivity index (χ2n) is 7.81. The fourth-order valence-electron chi connectivity index (χ4n) is 3.11. The summed E-state index contributed by atoms with van der Waals surface area (Å²) < 4.78 is 33.0. The van der Waals surface area contributed by atoms with Crippen LogP contribution in [0.25, 0.3) is 10.9 Å². The third-order valence-corrected chi connectivity index (χ3v) is 4.55. The van der Waals surface area contributed by atoms with Crippen LogP contribution in [0.4, 0.5) is 8.78 Å². The molecule has 0 saturated heterocycles. The van der Waals surface area contributed by atoms with Gasteiger partial charge in [-0.1, -0.05) is 12.1 Å². The van der Waals surface area contributed by atoms with Gasteiger partial charge in [0.1, 0.15) is 5.75 Å². The molecule has 1 aromatic carbocycles. The lowest BCUT2D eigenvalue weighted by Gasteiger charge is -2.14. The zero-order valence-corrected chi connectivity index (χ0v) is 17.7. The molecule has 0 unspecified atom stereocenters. The Bertz CT molecular complexity index is 1060. The third kappa shape index (κ3) is 6.45. The highest BCUT2D eigenvalue weighted by molar-refractivity contribution is 5.86. The van der Waals surface area contributed by atoms with Gasteiger partial charge in [-0.25, -0.2) is 8.78 Å². The van der Waals surface area contributed by atoms with Crippen molar-refractivity contribution in [2.45, 2.75) is 45.8 Å². The summed E-state index contributed by atoms with van der Waals surface area (Å²) in [6.45, 7) is 4.20. The van der Waals surface area contributed by atoms with Crippen LogP contribution in [0.15, 0.2) is 36.7 Å². The lowest BCUT2D eigenvalue weighted by Crippen LogP contribution is -2.31. The molecule has 1 atom stereocenters. The highest BCUT2D eigenvalue weighted by Crippen LogP contribution is 2.23. The monoisotopic (exact) mass is 432 g/mol. The van der Waals surface area contributed by atoms with E-state index in [0.717, 1.165) is 29.0 Å². The minimum atomic E-state index is -2.89. The lowest BCUT2D eigenvalue weighted by molar-refractivity contribution is -0.120. The van der Waals surface area contributed by atoms with Gasteiger partial charge in [0, 0.05) is 31.2 Å². The number of nitrogens with one attached hydrogen (secondary N) is 1. The molecule has 0 aliphatic rings. The van der Waals surface area contributed by atoms with Crippen molar-refractivity contribution in [3.8, 4) is 5.75 Å². The van der Waals surface area contributed by atoms with Crippen LogP contribution in [0.1, 0.15) is 30.7 Å². The molecule has 9 heteroatoms. The zero-order valence-electron chi connectivity index (χ0n) is 17.7. The number of rotatable bonds is 9. The minimum absolute atomic E-state index is 0.0863. The van der Waals surface area contributed by atoms with Crippen LogP contribution in [0.3, 0.4) is 0 Å². The number of amides is 1. The van der Waals surface area contributed by atoms with Crippen LogP contribution in [0.2, 0.25) is 0 Å². The first-order valence-electron chi connectivity index (χ1n) is 9.97. The number of benzene rings is 1. The van der Waals surface area contributed by atoms with E-state index >= 15 is 0 Å². The highest BCUT2D eigenvalue weighted by atomic mass is 19.3. The van der Waals surface area contributed by atoms with Crippen LogP contribution >= 0.6 is 0 Å². The predicted octanol–water partition coefficient (Wildman–Crippen LogP) is 2.86. The first-order chi connectivity index (χ1) is 14.6. The number of hydrogen-bond donors (Lipinski definition) is 2. The molecule has 0 saturated carbocycles. The van der Waals surface area contributed by atoms with E-state index in [1.807, 2.05) is 18.3 Å². The number of aliphatic hydroxyl groups excluding tert-OH is 1. The van der Waals surface area contributed by atoms with E-state index in [-0.39, 0.29) is 18.9 Å². The van der Waals surface area contributed by atoms with Gasteiger partial charge >= 0.3 is 0 Å². The molecule has 7 nitrogen and oxygen atoms in total. The molecule has 166 valence electrons. The molecule has 0 aliphatic carbocycles. The van der Waals surface area contributed by atoms with Crippen molar-refractivity contribution in [1.29, 1.82) is 0 Å². The Kier molecular flexibility index (Phi) is 6.84. The topological polar surface area (TPSA) is 89.3 Å². The van der Waals surface area contributed by atoms with Gasteiger partial charge in [0.2, 0.25) is 5.91 Å². The number of aliphatic hydroxyl groups is 1. The first kappa shape index (κ1) is 22.6. The van der Waals surface area contributed by atoms with Gasteiger partial charge in [-0.3, -0.25) is 14.5 Å². The number of aromatic nitrogens is 3. The van der Waals surface area contributed by atoms with E-state index in [0.29, 0.717) is 18.0 Å². The quantitative estimate of drug-likeness (QED) is 0.543. The van der Waals surface area contributed by atoms with Crippen LogP contribution in [0, 0.1) is 6.92 Å². The maximum Gasteiger partial charge on any atom is 0.278 e. The van der Waals surface area contributed by atoms with Gasteiger partial charge in [-0.05, 0) is 37.1 Å².